The Morgan fingerprint density at radius 2 is 1.91 bits per heavy atom. The van der Waals surface area contributed by atoms with Crippen molar-refractivity contribution in [2.75, 3.05) is 42.6 Å². The molecule has 3 atom stereocenters. The van der Waals surface area contributed by atoms with Gasteiger partial charge in [-0.1, -0.05) is 0 Å². The largest absolute Gasteiger partial charge is 0.465 e. The molecule has 2 fully saturated rings. The molecule has 2 N–H and O–H groups in total. The molecule has 5 rings (SSSR count). The molecule has 0 aromatic carbocycles. The van der Waals surface area contributed by atoms with Gasteiger partial charge in [-0.2, -0.15) is 5.10 Å². The Morgan fingerprint density at radius 3 is 2.58 bits per heavy atom. The summed E-state index contributed by atoms with van der Waals surface area (Å²) in [4.78, 5) is 31.2. The van der Waals surface area contributed by atoms with Crippen molar-refractivity contribution in [2.24, 2.45) is 0 Å². The first-order valence-electron chi connectivity index (χ1n) is 11.2. The topological polar surface area (TPSA) is 124 Å². The van der Waals surface area contributed by atoms with E-state index < -0.39 is 6.09 Å². The van der Waals surface area contributed by atoms with E-state index in [0.717, 1.165) is 35.5 Å². The average molecular weight is 453 g/mol. The van der Waals surface area contributed by atoms with Crippen LogP contribution in [-0.4, -0.2) is 92.2 Å². The van der Waals surface area contributed by atoms with E-state index in [9.17, 15) is 9.90 Å². The average Bonchev–Trinajstić information content (AvgIpc) is 3.22. The number of hydrogen-bond donors (Lipinski definition) is 2. The molecule has 11 nitrogen and oxygen atoms in total. The molecule has 2 aliphatic heterocycles. The molecular weight excluding hydrogens is 424 g/mol. The van der Waals surface area contributed by atoms with Crippen molar-refractivity contribution in [2.45, 2.75) is 39.0 Å². The molecule has 0 radical (unpaired) electrons. The van der Waals surface area contributed by atoms with E-state index >= 15 is 0 Å². The molecule has 2 saturated heterocycles. The number of anilines is 2. The quantitative estimate of drug-likeness (QED) is 0.615. The van der Waals surface area contributed by atoms with Crippen LogP contribution < -0.4 is 9.80 Å². The number of hydrogen-bond acceptors (Lipinski definition) is 8. The summed E-state index contributed by atoms with van der Waals surface area (Å²) >= 11 is 0. The van der Waals surface area contributed by atoms with Crippen molar-refractivity contribution >= 4 is 28.9 Å². The van der Waals surface area contributed by atoms with Gasteiger partial charge in [0.15, 0.2) is 0 Å². The van der Waals surface area contributed by atoms with Crippen LogP contribution in [-0.2, 0) is 4.74 Å². The summed E-state index contributed by atoms with van der Waals surface area (Å²) in [5.74, 6) is 1.49. The fraction of sp³-hybridized carbons (Fsp3) is 0.500. The van der Waals surface area contributed by atoms with Gasteiger partial charge in [0, 0.05) is 50.0 Å². The first kappa shape index (κ1) is 21.4. The lowest BCUT2D eigenvalue weighted by atomic mass is 10.1. The van der Waals surface area contributed by atoms with E-state index in [1.807, 2.05) is 32.2 Å². The van der Waals surface area contributed by atoms with Gasteiger partial charge >= 0.3 is 6.09 Å². The Bertz CT molecular complexity index is 1140. The van der Waals surface area contributed by atoms with Crippen molar-refractivity contribution in [3.8, 4) is 11.3 Å². The number of fused-ring (bicyclic) bond motifs is 1. The number of aromatic amines is 1. The molecule has 0 spiro atoms. The smallest absolute Gasteiger partial charge is 0.407 e. The molecule has 11 heteroatoms. The normalized spacial score (nSPS) is 23.8. The highest BCUT2D eigenvalue weighted by atomic mass is 16.5. The van der Waals surface area contributed by atoms with Gasteiger partial charge in [0.25, 0.3) is 0 Å². The predicted octanol–water partition coefficient (Wildman–Crippen LogP) is 2.22. The molecule has 3 aromatic rings. The van der Waals surface area contributed by atoms with E-state index in [1.165, 1.54) is 4.90 Å². The number of amides is 1. The Balaban J connectivity index is 1.42. The maximum Gasteiger partial charge on any atom is 0.407 e. The minimum absolute atomic E-state index is 0.0467. The van der Waals surface area contributed by atoms with Crippen LogP contribution in [0.15, 0.2) is 24.5 Å². The number of H-pyrrole nitrogens is 1. The standard InChI is InChI=1S/C22H28N8O3/c1-13-10-29(22(31)32)11-14(2)30(13)21-24-9-17-20(25-21)19(27-26-17)16-4-5-18(23-8-16)28-6-7-33-15(3)12-28/h4-5,8-9,13-15H,6-7,10-12H2,1-3H3,(H,26,27)(H,31,32)/t13-,14+,15?. The summed E-state index contributed by atoms with van der Waals surface area (Å²) in [6.45, 7) is 9.21. The highest BCUT2D eigenvalue weighted by Crippen LogP contribution is 2.29. The Kier molecular flexibility index (Phi) is 5.49. The van der Waals surface area contributed by atoms with Crippen LogP contribution in [0, 0.1) is 0 Å². The zero-order valence-corrected chi connectivity index (χ0v) is 19.0. The second-order valence-corrected chi connectivity index (χ2v) is 8.83. The lowest BCUT2D eigenvalue weighted by Gasteiger charge is -2.43. The minimum atomic E-state index is -0.899. The molecule has 3 aromatic heterocycles. The Morgan fingerprint density at radius 1 is 1.12 bits per heavy atom. The van der Waals surface area contributed by atoms with Gasteiger partial charge in [-0.25, -0.2) is 19.7 Å². The van der Waals surface area contributed by atoms with Gasteiger partial charge in [-0.15, -0.1) is 0 Å². The van der Waals surface area contributed by atoms with E-state index in [-0.39, 0.29) is 18.2 Å². The van der Waals surface area contributed by atoms with Gasteiger partial charge in [-0.3, -0.25) is 5.10 Å². The number of ether oxygens (including phenoxy) is 1. The zero-order chi connectivity index (χ0) is 23.1. The number of carbonyl (C=O) groups is 1. The second kappa shape index (κ2) is 8.47. The molecule has 33 heavy (non-hydrogen) atoms. The van der Waals surface area contributed by atoms with Crippen LogP contribution in [0.4, 0.5) is 16.6 Å². The third kappa shape index (κ3) is 4.04. The van der Waals surface area contributed by atoms with Crippen molar-refractivity contribution in [1.82, 2.24) is 30.0 Å². The fourth-order valence-corrected chi connectivity index (χ4v) is 4.74. The van der Waals surface area contributed by atoms with Gasteiger partial charge in [0.05, 0.1) is 18.9 Å². The third-order valence-electron chi connectivity index (χ3n) is 6.30. The lowest BCUT2D eigenvalue weighted by molar-refractivity contribution is 0.0529. The molecule has 0 saturated carbocycles. The van der Waals surface area contributed by atoms with E-state index in [4.69, 9.17) is 9.72 Å². The number of carboxylic acid groups (broad SMARTS) is 1. The third-order valence-corrected chi connectivity index (χ3v) is 6.30. The summed E-state index contributed by atoms with van der Waals surface area (Å²) in [5.41, 5.74) is 3.04. The number of pyridine rings is 1. The first-order valence-corrected chi connectivity index (χ1v) is 11.2. The van der Waals surface area contributed by atoms with E-state index in [1.54, 1.807) is 6.20 Å². The van der Waals surface area contributed by atoms with Gasteiger partial charge in [0.2, 0.25) is 5.95 Å². The molecule has 1 unspecified atom stereocenters. The number of morpholine rings is 1. The molecule has 1 amide bonds. The van der Waals surface area contributed by atoms with Crippen LogP contribution >= 0.6 is 0 Å². The molecule has 5 heterocycles. The summed E-state index contributed by atoms with van der Waals surface area (Å²) in [6.07, 6.45) is 2.84. The summed E-state index contributed by atoms with van der Waals surface area (Å²) in [7, 11) is 0. The van der Waals surface area contributed by atoms with Crippen molar-refractivity contribution < 1.29 is 14.6 Å². The summed E-state index contributed by atoms with van der Waals surface area (Å²) in [5, 5.41) is 16.9. The zero-order valence-electron chi connectivity index (χ0n) is 19.0. The van der Waals surface area contributed by atoms with Crippen molar-refractivity contribution in [3.05, 3.63) is 24.5 Å². The summed E-state index contributed by atoms with van der Waals surface area (Å²) < 4.78 is 5.62. The molecule has 174 valence electrons. The van der Waals surface area contributed by atoms with Crippen LogP contribution in [0.5, 0.6) is 0 Å². The molecule has 0 bridgehead atoms. The van der Waals surface area contributed by atoms with Crippen molar-refractivity contribution in [3.63, 3.8) is 0 Å². The minimum Gasteiger partial charge on any atom is -0.465 e. The SMILES string of the molecule is CC1CN(c2ccc(-c3n[nH]c4cnc(N5[C@H](C)CN(C(=O)O)C[C@@H]5C)nc34)cn2)CCO1. The van der Waals surface area contributed by atoms with E-state index in [0.29, 0.717) is 31.3 Å². The Labute approximate surface area is 191 Å². The second-order valence-electron chi connectivity index (χ2n) is 8.83. The van der Waals surface area contributed by atoms with Crippen molar-refractivity contribution in [1.29, 1.82) is 0 Å². The maximum absolute atomic E-state index is 11.4. The van der Waals surface area contributed by atoms with E-state index in [2.05, 4.69) is 36.9 Å². The molecule has 0 aliphatic carbocycles. The molecule has 2 aliphatic rings. The monoisotopic (exact) mass is 452 g/mol. The van der Waals surface area contributed by atoms with Crippen LogP contribution in [0.1, 0.15) is 20.8 Å². The maximum atomic E-state index is 11.4. The summed E-state index contributed by atoms with van der Waals surface area (Å²) in [6, 6.07) is 3.92. The Hall–Kier alpha value is -3.47. The number of rotatable bonds is 3. The number of aromatic nitrogens is 5. The molecular formula is C22H28N8O3. The highest BCUT2D eigenvalue weighted by molar-refractivity contribution is 5.89. The number of piperazine rings is 1. The van der Waals surface area contributed by atoms with Crippen LogP contribution in [0.2, 0.25) is 0 Å². The van der Waals surface area contributed by atoms with Gasteiger partial charge in [-0.05, 0) is 32.9 Å². The predicted molar refractivity (Wildman–Crippen MR) is 124 cm³/mol. The number of nitrogens with zero attached hydrogens (tertiary/aromatic N) is 7. The highest BCUT2D eigenvalue weighted by Gasteiger charge is 2.33. The van der Waals surface area contributed by atoms with Crippen LogP contribution in [0.25, 0.3) is 22.3 Å². The fourth-order valence-electron chi connectivity index (χ4n) is 4.74. The number of nitrogens with one attached hydrogen (secondary N) is 1. The first-order chi connectivity index (χ1) is 15.9. The van der Waals surface area contributed by atoms with Gasteiger partial charge in [0.1, 0.15) is 22.5 Å². The lowest BCUT2D eigenvalue weighted by Crippen LogP contribution is -2.58. The van der Waals surface area contributed by atoms with Gasteiger partial charge < -0.3 is 24.5 Å². The van der Waals surface area contributed by atoms with Crippen LogP contribution in [0.3, 0.4) is 0 Å².